The summed E-state index contributed by atoms with van der Waals surface area (Å²) in [5.41, 5.74) is 38.4. The summed E-state index contributed by atoms with van der Waals surface area (Å²) in [7, 11) is -3.99. The fourth-order valence-corrected chi connectivity index (χ4v) is 10.7. The van der Waals surface area contributed by atoms with Gasteiger partial charge in [0.25, 0.3) is 15.9 Å². The van der Waals surface area contributed by atoms with Gasteiger partial charge in [-0.3, -0.25) is 19.7 Å². The van der Waals surface area contributed by atoms with Gasteiger partial charge in [0.1, 0.15) is 41.0 Å². The molecule has 4 heterocycles. The second-order valence-corrected chi connectivity index (χ2v) is 26.4. The number of hydrogen-bond donors (Lipinski definition) is 9. The van der Waals surface area contributed by atoms with Gasteiger partial charge in [0, 0.05) is 85.8 Å². The van der Waals surface area contributed by atoms with E-state index in [4.69, 9.17) is 48.0 Å². The van der Waals surface area contributed by atoms with Crippen molar-refractivity contribution in [1.29, 1.82) is 0 Å². The lowest BCUT2D eigenvalue weighted by Crippen LogP contribution is -2.46. The summed E-state index contributed by atoms with van der Waals surface area (Å²) in [6, 6.07) is 57.0. The lowest BCUT2D eigenvalue weighted by molar-refractivity contribution is -0.146. The van der Waals surface area contributed by atoms with Crippen LogP contribution in [0, 0.1) is 48.3 Å². The maximum absolute atomic E-state index is 12.7. The predicted molar refractivity (Wildman–Crippen MR) is 486 cm³/mol. The molecule has 624 valence electrons. The van der Waals surface area contributed by atoms with Crippen LogP contribution in [0.4, 0.5) is 23.3 Å². The molecule has 1 amide bonds. The number of carbonyl (C=O) groups is 6. The number of aromatic carboxylic acids is 1. The number of nitrogens with one attached hydrogen (secondary N) is 3. The van der Waals surface area contributed by atoms with E-state index in [1.165, 1.54) is 0 Å². The molecule has 0 saturated carbocycles. The first-order valence-electron chi connectivity index (χ1n) is 34.7. The number of sulfonamides is 1. The van der Waals surface area contributed by atoms with Crippen molar-refractivity contribution in [1.82, 2.24) is 35.3 Å². The van der Waals surface area contributed by atoms with Crippen LogP contribution >= 0.6 is 70.0 Å². The lowest BCUT2D eigenvalue weighted by atomic mass is 10.1. The number of nitrogens with two attached hydrogens (primary N) is 5. The minimum Gasteiger partial charge on any atom is -0.478 e. The Morgan fingerprint density at radius 1 is 0.462 bits per heavy atom. The Balaban J connectivity index is 0. The van der Waals surface area contributed by atoms with E-state index >= 15 is 0 Å². The molecule has 0 bridgehead atoms. The van der Waals surface area contributed by atoms with Gasteiger partial charge in [0.05, 0.1) is 48.4 Å². The highest BCUT2D eigenvalue weighted by atomic mass is 127. The lowest BCUT2D eigenvalue weighted by Gasteiger charge is -2.18. The van der Waals surface area contributed by atoms with Crippen LogP contribution < -0.4 is 44.0 Å². The second kappa shape index (κ2) is 60.4. The van der Waals surface area contributed by atoms with Gasteiger partial charge in [-0.05, 0) is 254 Å². The molecule has 14 N–H and O–H groups in total. The third-order valence-electron chi connectivity index (χ3n) is 14.9. The number of carboxylic acid groups (broad SMARTS) is 1. The zero-order valence-corrected chi connectivity index (χ0v) is 69.1. The predicted octanol–water partition coefficient (Wildman–Crippen LogP) is 13.1. The van der Waals surface area contributed by atoms with Gasteiger partial charge < -0.3 is 58.0 Å². The first kappa shape index (κ1) is 108. The third kappa shape index (κ3) is 43.4. The van der Waals surface area contributed by atoms with Crippen molar-refractivity contribution < 1.29 is 61.2 Å². The monoisotopic (exact) mass is 1880 g/mol. The summed E-state index contributed by atoms with van der Waals surface area (Å²) >= 11 is 4.03. The van der Waals surface area contributed by atoms with Gasteiger partial charge in [-0.15, -0.1) is 24.8 Å². The maximum Gasteiger partial charge on any atom is 0.338 e. The van der Waals surface area contributed by atoms with Crippen LogP contribution in [0.25, 0.3) is 0 Å². The molecular formula is C87H104Cl2I2N12O13S. The normalized spacial score (nSPS) is 10.0. The number of hydrogen-bond acceptors (Lipinski definition) is 22. The quantitative estimate of drug-likeness (QED) is 0.00999. The number of benzene rings is 5. The van der Waals surface area contributed by atoms with Crippen molar-refractivity contribution in [2.45, 2.75) is 115 Å². The molecule has 0 spiro atoms. The number of anilines is 4. The Morgan fingerprint density at radius 3 is 1.25 bits per heavy atom. The van der Waals surface area contributed by atoms with Gasteiger partial charge in [-0.1, -0.05) is 108 Å². The molecule has 0 aliphatic heterocycles. The molecule has 30 heteroatoms. The molecule has 117 heavy (non-hydrogen) atoms. The van der Waals surface area contributed by atoms with Crippen LogP contribution in [-0.4, -0.2) is 121 Å². The number of rotatable bonds is 27. The van der Waals surface area contributed by atoms with Crippen LogP contribution in [0.1, 0.15) is 149 Å². The molecule has 25 nitrogen and oxygen atoms in total. The number of esters is 4. The number of carboxylic acids is 1. The zero-order chi connectivity index (χ0) is 80.8. The summed E-state index contributed by atoms with van der Waals surface area (Å²) < 4.78 is 48.3. The first-order chi connectivity index (χ1) is 53.4. The highest BCUT2D eigenvalue weighted by molar-refractivity contribution is 14.1. The number of ether oxygens (including phenoxy) is 4. The zero-order valence-electron chi connectivity index (χ0n) is 62.3. The average Bonchev–Trinajstić information content (AvgIpc) is 0.865. The van der Waals surface area contributed by atoms with Gasteiger partial charge in [-0.25, -0.2) is 34.3 Å². The van der Waals surface area contributed by atoms with E-state index in [0.717, 1.165) is 87.0 Å². The topological polar surface area (TPSA) is 411 Å². The Kier molecular flexibility index (Phi) is 55.7. The maximum atomic E-state index is 12.7. The summed E-state index contributed by atoms with van der Waals surface area (Å²) in [6.45, 7) is 8.48. The molecule has 2 atom stereocenters. The van der Waals surface area contributed by atoms with Crippen molar-refractivity contribution in [2.24, 2.45) is 5.73 Å². The molecule has 0 aliphatic rings. The molecule has 0 unspecified atom stereocenters. The molecule has 9 rings (SSSR count). The highest BCUT2D eigenvalue weighted by Crippen LogP contribution is 2.15. The summed E-state index contributed by atoms with van der Waals surface area (Å²) in [5, 5.41) is 16.7. The van der Waals surface area contributed by atoms with Gasteiger partial charge in [0.15, 0.2) is 0 Å². The van der Waals surface area contributed by atoms with Crippen molar-refractivity contribution in [2.75, 3.05) is 62.5 Å². The molecule has 0 fully saturated rings. The largest absolute Gasteiger partial charge is 0.478 e. The molecule has 0 radical (unpaired) electrons. The molecule has 0 aliphatic carbocycles. The van der Waals surface area contributed by atoms with E-state index in [2.05, 4.69) is 97.3 Å². The number of carbonyl (C=O) groups excluding carboxylic acids is 5. The number of aryl methyl sites for hydroxylation is 6. The molecular weight excluding hydrogens is 1780 g/mol. The third-order valence-corrected chi connectivity index (χ3v) is 16.9. The number of amides is 1. The molecule has 4 aromatic heterocycles. The first-order valence-corrected chi connectivity index (χ1v) is 38.3. The SMILES string of the molecule is C.C.C.C.CCOC(=O)[C@H](CN)NS(=O)(=O)C#CC#CC#CI.CCOC(=O)[C@H](CNC(=O)c1ccc(CCc2cccc(N)n2)cc1)NCc1ccc(I)cc1.CCOC(=O)c1ccc(C#Cc2cccc(N)n2)cc1.CCOC(=O)c1ccc(CCc2cccc(N)n2)cc1.Cl.Cl.Nc1cccc(CCc2ccc(C(=O)O)cc2)n1. The van der Waals surface area contributed by atoms with Crippen LogP contribution in [0.5, 0.6) is 0 Å². The van der Waals surface area contributed by atoms with Crippen LogP contribution in [-0.2, 0) is 83.6 Å². The fraction of sp³-hybridized carbons (Fsp3) is 0.264. The number of halogens is 4. The number of nitrogen functional groups attached to an aromatic ring is 4. The van der Waals surface area contributed by atoms with Crippen molar-refractivity contribution in [3.63, 3.8) is 0 Å². The van der Waals surface area contributed by atoms with Crippen LogP contribution in [0.3, 0.4) is 0 Å². The van der Waals surface area contributed by atoms with Crippen LogP contribution in [0.2, 0.25) is 0 Å². The average molecular weight is 1880 g/mol. The number of nitrogens with zero attached hydrogens (tertiary/aromatic N) is 4. The number of pyridine rings is 4. The number of aromatic nitrogens is 4. The Morgan fingerprint density at radius 2 is 0.846 bits per heavy atom. The van der Waals surface area contributed by atoms with E-state index in [1.807, 2.05) is 107 Å². The fourth-order valence-electron chi connectivity index (χ4n) is 9.40. The molecule has 5 aromatic carbocycles. The van der Waals surface area contributed by atoms with E-state index in [-0.39, 0.29) is 105 Å². The standard InChI is InChI=1S/C26H29IN4O3.C16H18N2O2.C16H14N2O2.C14H14N2O2.C11H11IN2O4S.4CH4.2ClH/c1-2-34-26(33)23(29-16-19-8-13-21(27)14-9-19)17-30-25(32)20-11-6-18(7-12-20)10-15-22-4-3-5-24(28)31-22;2*1-2-20-16(19)13-9-6-12(7-10-13)8-11-14-4-3-5-15(17)18-14;15-13-3-1-2-12(16-13)9-6-10-4-7-11(8-5-10)14(17)18;1-2-18-11(15)10(9-13)14-19(16,17)8-6-4-3-5-7-12;;;;;;/h3-9,11-14,23,29H,2,10,15-17H2,1H3,(H2,28,31)(H,30,32);3-7,9-10H,2,8,11H2,1H3,(H2,17,18);3-7,9-10H,2H2,1H3,(H2,17,18);1-5,7-8H,6,9H2,(H2,15,16)(H,17,18);10,14H,2,9,13H2,1H3;4*1H4;2*1H/t23-;;;;10-;;;;;;/m0...0....../s1. The van der Waals surface area contributed by atoms with E-state index in [1.54, 1.807) is 147 Å². The summed E-state index contributed by atoms with van der Waals surface area (Å²) in [6.07, 6.45) is 4.85. The Hall–Kier alpha value is -11.2. The Bertz CT molecular complexity index is 4920. The Labute approximate surface area is 727 Å². The minimum atomic E-state index is -3.99. The van der Waals surface area contributed by atoms with E-state index in [9.17, 15) is 37.2 Å². The van der Waals surface area contributed by atoms with Crippen molar-refractivity contribution in [3.05, 3.63) is 271 Å². The van der Waals surface area contributed by atoms with Gasteiger partial charge >= 0.3 is 29.8 Å². The summed E-state index contributed by atoms with van der Waals surface area (Å²) in [5.74, 6) is 14.0. The van der Waals surface area contributed by atoms with Crippen molar-refractivity contribution in [3.8, 4) is 44.7 Å². The van der Waals surface area contributed by atoms with E-state index < -0.39 is 34.0 Å². The summed E-state index contributed by atoms with van der Waals surface area (Å²) in [4.78, 5) is 87.0. The highest BCUT2D eigenvalue weighted by Gasteiger charge is 2.24. The molecule has 9 aromatic rings. The smallest absolute Gasteiger partial charge is 0.338 e. The second-order valence-electron chi connectivity index (χ2n) is 23.2. The molecule has 0 saturated heterocycles. The van der Waals surface area contributed by atoms with Gasteiger partial charge in [0.2, 0.25) is 0 Å². The van der Waals surface area contributed by atoms with Gasteiger partial charge in [-0.2, -0.15) is 13.1 Å². The minimum absolute atomic E-state index is 0. The van der Waals surface area contributed by atoms with Crippen molar-refractivity contribution >= 4 is 139 Å². The van der Waals surface area contributed by atoms with E-state index in [0.29, 0.717) is 71.0 Å². The van der Waals surface area contributed by atoms with Crippen LogP contribution in [0.15, 0.2) is 194 Å².